The van der Waals surface area contributed by atoms with Crippen LogP contribution >= 0.6 is 0 Å². The fourth-order valence-corrected chi connectivity index (χ4v) is 4.02. The van der Waals surface area contributed by atoms with Crippen LogP contribution in [-0.4, -0.2) is 45.5 Å². The Hall–Kier alpha value is -1.36. The molecule has 0 unspecified atom stereocenters. The van der Waals surface area contributed by atoms with Crippen LogP contribution in [0.15, 0.2) is 6.33 Å². The molecule has 2 heterocycles. The highest BCUT2D eigenvalue weighted by molar-refractivity contribution is 5.86. The van der Waals surface area contributed by atoms with Crippen molar-refractivity contribution in [2.75, 3.05) is 19.6 Å². The second kappa shape index (κ2) is 6.41. The molecule has 1 saturated heterocycles. The summed E-state index contributed by atoms with van der Waals surface area (Å²) in [6.45, 7) is 7.76. The number of imidazole rings is 1. The molecule has 22 heavy (non-hydrogen) atoms. The number of rotatable bonds is 5. The van der Waals surface area contributed by atoms with Crippen molar-refractivity contribution in [2.24, 2.45) is 0 Å². The maximum Gasteiger partial charge on any atom is 0.240 e. The Morgan fingerprint density at radius 3 is 2.50 bits per heavy atom. The summed E-state index contributed by atoms with van der Waals surface area (Å²) in [4.78, 5) is 19.6. The van der Waals surface area contributed by atoms with E-state index in [9.17, 15) is 4.79 Å². The molecular weight excluding hydrogens is 276 g/mol. The highest BCUT2D eigenvalue weighted by Crippen LogP contribution is 2.37. The molecule has 122 valence electrons. The Morgan fingerprint density at radius 1 is 1.23 bits per heavy atom. The second-order valence-electron chi connectivity index (χ2n) is 6.80. The van der Waals surface area contributed by atoms with Gasteiger partial charge in [-0.3, -0.25) is 9.69 Å². The van der Waals surface area contributed by atoms with Crippen LogP contribution in [0.25, 0.3) is 0 Å². The predicted molar refractivity (Wildman–Crippen MR) is 86.7 cm³/mol. The van der Waals surface area contributed by atoms with Crippen LogP contribution in [0.3, 0.4) is 0 Å². The first-order valence-electron chi connectivity index (χ1n) is 8.65. The number of nitrogens with one attached hydrogen (secondary N) is 1. The second-order valence-corrected chi connectivity index (χ2v) is 6.80. The number of hydrogen-bond donors (Lipinski definition) is 1. The molecule has 0 radical (unpaired) electrons. The number of nitrogens with zero attached hydrogens (tertiary/aromatic N) is 3. The summed E-state index contributed by atoms with van der Waals surface area (Å²) >= 11 is 0. The minimum absolute atomic E-state index is 0.212. The summed E-state index contributed by atoms with van der Waals surface area (Å²) in [7, 11) is 0. The Balaban J connectivity index is 1.59. The fourth-order valence-electron chi connectivity index (χ4n) is 4.02. The average Bonchev–Trinajstić information content (AvgIpc) is 3.24. The van der Waals surface area contributed by atoms with E-state index in [0.29, 0.717) is 6.54 Å². The zero-order valence-electron chi connectivity index (χ0n) is 13.9. The van der Waals surface area contributed by atoms with Crippen LogP contribution in [0.4, 0.5) is 0 Å². The van der Waals surface area contributed by atoms with Gasteiger partial charge < -0.3 is 9.88 Å². The molecule has 1 saturated carbocycles. The summed E-state index contributed by atoms with van der Waals surface area (Å²) in [6, 6.07) is 0. The first-order valence-corrected chi connectivity index (χ1v) is 8.65. The van der Waals surface area contributed by atoms with E-state index < -0.39 is 0 Å². The van der Waals surface area contributed by atoms with Crippen molar-refractivity contribution >= 4 is 5.91 Å². The molecular formula is C17H28N4O. The van der Waals surface area contributed by atoms with Gasteiger partial charge in [-0.15, -0.1) is 0 Å². The average molecular weight is 304 g/mol. The van der Waals surface area contributed by atoms with Gasteiger partial charge in [-0.05, 0) is 52.6 Å². The van der Waals surface area contributed by atoms with Crippen molar-refractivity contribution in [3.8, 4) is 0 Å². The number of aryl methyl sites for hydroxylation is 1. The van der Waals surface area contributed by atoms with Gasteiger partial charge in [0.1, 0.15) is 5.54 Å². The lowest BCUT2D eigenvalue weighted by Crippen LogP contribution is -2.56. The number of carbonyl (C=O) groups excluding carboxylic acids is 1. The highest BCUT2D eigenvalue weighted by atomic mass is 16.2. The van der Waals surface area contributed by atoms with Gasteiger partial charge in [-0.1, -0.05) is 12.8 Å². The van der Waals surface area contributed by atoms with Gasteiger partial charge in [0.05, 0.1) is 12.0 Å². The summed E-state index contributed by atoms with van der Waals surface area (Å²) in [6.07, 6.45) is 8.77. The Bertz CT molecular complexity index is 525. The van der Waals surface area contributed by atoms with Crippen LogP contribution in [0.5, 0.6) is 0 Å². The van der Waals surface area contributed by atoms with Gasteiger partial charge in [0.2, 0.25) is 5.91 Å². The molecule has 2 aliphatic rings. The number of hydrogen-bond acceptors (Lipinski definition) is 3. The van der Waals surface area contributed by atoms with Crippen LogP contribution < -0.4 is 5.32 Å². The molecule has 0 aromatic carbocycles. The maximum absolute atomic E-state index is 12.9. The van der Waals surface area contributed by atoms with Crippen LogP contribution in [-0.2, 0) is 11.3 Å². The fraction of sp³-hybridized carbons (Fsp3) is 0.765. The van der Waals surface area contributed by atoms with E-state index in [2.05, 4.69) is 26.7 Å². The molecule has 5 nitrogen and oxygen atoms in total. The largest absolute Gasteiger partial charge is 0.353 e. The van der Waals surface area contributed by atoms with Crippen molar-refractivity contribution < 1.29 is 4.79 Å². The number of aromatic nitrogens is 2. The maximum atomic E-state index is 12.9. The third kappa shape index (κ3) is 2.78. The van der Waals surface area contributed by atoms with E-state index in [1.807, 2.05) is 13.3 Å². The lowest BCUT2D eigenvalue weighted by atomic mass is 9.94. The van der Waals surface area contributed by atoms with E-state index >= 15 is 0 Å². The molecule has 0 atom stereocenters. The smallest absolute Gasteiger partial charge is 0.240 e. The summed E-state index contributed by atoms with van der Waals surface area (Å²) in [5, 5.41) is 3.20. The third-order valence-electron chi connectivity index (χ3n) is 5.55. The first kappa shape index (κ1) is 15.5. The molecule has 0 bridgehead atoms. The molecule has 1 aliphatic carbocycles. The molecule has 0 spiro atoms. The van der Waals surface area contributed by atoms with Gasteiger partial charge in [0.25, 0.3) is 0 Å². The van der Waals surface area contributed by atoms with Crippen molar-refractivity contribution in [1.82, 2.24) is 19.8 Å². The topological polar surface area (TPSA) is 50.2 Å². The third-order valence-corrected chi connectivity index (χ3v) is 5.55. The highest BCUT2D eigenvalue weighted by Gasteiger charge is 2.46. The van der Waals surface area contributed by atoms with Crippen LogP contribution in [0, 0.1) is 13.8 Å². The van der Waals surface area contributed by atoms with Crippen molar-refractivity contribution in [3.05, 3.63) is 17.7 Å². The molecule has 3 rings (SSSR count). The molecule has 2 fully saturated rings. The van der Waals surface area contributed by atoms with Gasteiger partial charge in [0, 0.05) is 18.8 Å². The van der Waals surface area contributed by atoms with E-state index in [1.54, 1.807) is 0 Å². The Morgan fingerprint density at radius 2 is 1.91 bits per heavy atom. The van der Waals surface area contributed by atoms with E-state index in [0.717, 1.165) is 38.2 Å². The SMILES string of the molecule is Cc1ncn(CCNC(=O)C2(N3CCCC3)CCCC2)c1C. The molecule has 1 aromatic rings. The molecule has 5 heteroatoms. The van der Waals surface area contributed by atoms with E-state index in [4.69, 9.17) is 0 Å². The summed E-state index contributed by atoms with van der Waals surface area (Å²) < 4.78 is 2.12. The Kier molecular flexibility index (Phi) is 4.52. The minimum atomic E-state index is -0.212. The quantitative estimate of drug-likeness (QED) is 0.905. The molecule has 1 aliphatic heterocycles. The molecule has 1 aromatic heterocycles. The van der Waals surface area contributed by atoms with Crippen LogP contribution in [0.1, 0.15) is 49.9 Å². The first-order chi connectivity index (χ1) is 10.6. The molecule has 1 N–H and O–H groups in total. The zero-order valence-corrected chi connectivity index (χ0v) is 13.9. The van der Waals surface area contributed by atoms with E-state index in [1.165, 1.54) is 31.4 Å². The number of likely N-dealkylation sites (tertiary alicyclic amines) is 1. The van der Waals surface area contributed by atoms with Crippen molar-refractivity contribution in [2.45, 2.75) is 64.5 Å². The van der Waals surface area contributed by atoms with Gasteiger partial charge in [0.15, 0.2) is 0 Å². The van der Waals surface area contributed by atoms with Crippen molar-refractivity contribution in [1.29, 1.82) is 0 Å². The van der Waals surface area contributed by atoms with E-state index in [-0.39, 0.29) is 11.4 Å². The zero-order chi connectivity index (χ0) is 15.6. The number of carbonyl (C=O) groups is 1. The molecule has 1 amide bonds. The van der Waals surface area contributed by atoms with Gasteiger partial charge >= 0.3 is 0 Å². The minimum Gasteiger partial charge on any atom is -0.353 e. The summed E-state index contributed by atoms with van der Waals surface area (Å²) in [5.41, 5.74) is 2.04. The van der Waals surface area contributed by atoms with Gasteiger partial charge in [-0.2, -0.15) is 0 Å². The van der Waals surface area contributed by atoms with Crippen molar-refractivity contribution in [3.63, 3.8) is 0 Å². The van der Waals surface area contributed by atoms with Gasteiger partial charge in [-0.25, -0.2) is 4.98 Å². The lowest BCUT2D eigenvalue weighted by molar-refractivity contribution is -0.132. The standard InChI is InChI=1S/C17H28N4O/c1-14-15(2)20(13-19-14)12-9-18-16(22)17(7-3-4-8-17)21-10-5-6-11-21/h13H,3-12H2,1-2H3,(H,18,22). The predicted octanol–water partition coefficient (Wildman–Crippen LogP) is 2.02. The summed E-state index contributed by atoms with van der Waals surface area (Å²) in [5.74, 6) is 0.251. The normalized spacial score (nSPS) is 21.4. The monoisotopic (exact) mass is 304 g/mol. The lowest BCUT2D eigenvalue weighted by Gasteiger charge is -2.37. The van der Waals surface area contributed by atoms with Crippen LogP contribution in [0.2, 0.25) is 0 Å². The Labute approximate surface area is 133 Å². The number of amides is 1.